The monoisotopic (exact) mass is 691 g/mol. The summed E-state index contributed by atoms with van der Waals surface area (Å²) in [7, 11) is -4.71. The minimum Gasteiger partial charge on any atom is -0.404 e. The van der Waals surface area contributed by atoms with Gasteiger partial charge >= 0.3 is 7.82 Å². The summed E-state index contributed by atoms with van der Waals surface area (Å²) < 4.78 is 36.4. The van der Waals surface area contributed by atoms with E-state index < -0.39 is 26.3 Å². The van der Waals surface area contributed by atoms with Crippen LogP contribution in [0.3, 0.4) is 0 Å². The molecule has 0 aliphatic carbocycles. The first-order valence-corrected chi connectivity index (χ1v) is 17.1. The van der Waals surface area contributed by atoms with Crippen molar-refractivity contribution >= 4 is 31.3 Å². The topological polar surface area (TPSA) is 228 Å². The van der Waals surface area contributed by atoms with Crippen LogP contribution in [0.15, 0.2) is 24.3 Å². The lowest BCUT2D eigenvalue weighted by Gasteiger charge is -2.21. The first-order valence-electron chi connectivity index (χ1n) is 15.6. The van der Waals surface area contributed by atoms with Gasteiger partial charge in [0.05, 0.1) is 39.1 Å². The number of rotatable bonds is 28. The van der Waals surface area contributed by atoms with Gasteiger partial charge in [-0.15, -0.1) is 0 Å². The number of hydrogen-bond acceptors (Lipinski definition) is 11. The molecule has 0 saturated heterocycles. The van der Waals surface area contributed by atoms with Crippen LogP contribution in [0, 0.1) is 5.92 Å². The van der Waals surface area contributed by atoms with E-state index in [-0.39, 0.29) is 62.2 Å². The van der Waals surface area contributed by atoms with E-state index in [2.05, 4.69) is 20.5 Å². The zero-order valence-electron chi connectivity index (χ0n) is 27.1. The number of benzene rings is 1. The van der Waals surface area contributed by atoms with Crippen LogP contribution in [-0.4, -0.2) is 117 Å². The van der Waals surface area contributed by atoms with Gasteiger partial charge < -0.3 is 44.5 Å². The number of amides is 3. The molecule has 0 aliphatic rings. The summed E-state index contributed by atoms with van der Waals surface area (Å²) >= 11 is 0. The number of phosphoric acid groups is 1. The van der Waals surface area contributed by atoms with Crippen LogP contribution < -0.4 is 20.5 Å². The summed E-state index contributed by atoms with van der Waals surface area (Å²) in [6, 6.07) is 4.70. The highest BCUT2D eigenvalue weighted by Gasteiger charge is 2.25. The maximum atomic E-state index is 12.9. The van der Waals surface area contributed by atoms with Crippen molar-refractivity contribution in [3.8, 4) is 5.75 Å². The molecule has 1 aromatic carbocycles. The molecule has 1 rings (SSSR count). The van der Waals surface area contributed by atoms with Gasteiger partial charge in [0, 0.05) is 25.6 Å². The van der Waals surface area contributed by atoms with E-state index in [1.807, 2.05) is 13.8 Å². The Bertz CT molecular complexity index is 1100. The smallest absolute Gasteiger partial charge is 0.404 e. The lowest BCUT2D eigenvalue weighted by molar-refractivity contribution is -0.131. The molecule has 1 unspecified atom stereocenters. The van der Waals surface area contributed by atoms with Crippen molar-refractivity contribution in [2.24, 2.45) is 5.92 Å². The highest BCUT2D eigenvalue weighted by Crippen LogP contribution is 2.37. The van der Waals surface area contributed by atoms with Gasteiger partial charge in [0.1, 0.15) is 25.6 Å². The molecule has 268 valence electrons. The Morgan fingerprint density at radius 1 is 0.809 bits per heavy atom. The Hall–Kier alpha value is -2.95. The lowest BCUT2D eigenvalue weighted by atomic mass is 9.96. The summed E-state index contributed by atoms with van der Waals surface area (Å²) in [4.78, 5) is 66.7. The minimum atomic E-state index is -4.71. The molecule has 2 atom stereocenters. The SMILES string of the molecule is CCOCCOCC(=O)NCCOCCOCC(=O)NCCCC[C@H](CC)C(=O)NC(Cc1ccc(OP(=O)(O)O)cc1)C(=O)CO. The molecule has 0 heterocycles. The van der Waals surface area contributed by atoms with Gasteiger partial charge in [0.2, 0.25) is 17.7 Å². The normalized spacial score (nSPS) is 12.6. The fraction of sp³-hybridized carbons (Fsp3) is 0.667. The molecular formula is C30H50N3O13P. The summed E-state index contributed by atoms with van der Waals surface area (Å²) in [6.07, 6.45) is 2.41. The van der Waals surface area contributed by atoms with E-state index in [9.17, 15) is 28.8 Å². The number of carbonyl (C=O) groups is 4. The number of ketones is 1. The standard InChI is InChI=1S/C30H50N3O13P/c1-3-24(30(38)33-26(27(35)20-34)19-23-8-10-25(11-9-23)46-47(39,40)41)7-5-6-12-31-28(36)21-45-18-16-43-14-13-32-29(37)22-44-17-15-42-4-2/h8-11,24,26,34H,3-7,12-22H2,1-2H3,(H,31,36)(H,32,37)(H,33,38)(H2,39,40,41)/t24-,26?/m0/s1. The maximum absolute atomic E-state index is 12.9. The van der Waals surface area contributed by atoms with Crippen LogP contribution in [0.4, 0.5) is 0 Å². The van der Waals surface area contributed by atoms with Crippen molar-refractivity contribution in [2.75, 3.05) is 72.6 Å². The molecule has 47 heavy (non-hydrogen) atoms. The molecule has 3 amide bonds. The van der Waals surface area contributed by atoms with Crippen LogP contribution in [0.25, 0.3) is 0 Å². The number of hydrogen-bond donors (Lipinski definition) is 6. The van der Waals surface area contributed by atoms with Gasteiger partial charge in [-0.3, -0.25) is 29.0 Å². The highest BCUT2D eigenvalue weighted by atomic mass is 31.2. The Morgan fingerprint density at radius 2 is 1.40 bits per heavy atom. The molecular weight excluding hydrogens is 641 g/mol. The number of unbranched alkanes of at least 4 members (excludes halogenated alkanes) is 1. The molecule has 0 radical (unpaired) electrons. The number of aliphatic hydroxyl groups is 1. The van der Waals surface area contributed by atoms with Crippen LogP contribution in [0.1, 0.15) is 45.1 Å². The van der Waals surface area contributed by atoms with Gasteiger partial charge in [-0.05, 0) is 50.3 Å². The fourth-order valence-corrected chi connectivity index (χ4v) is 4.54. The molecule has 16 nitrogen and oxygen atoms in total. The quantitative estimate of drug-likeness (QED) is 0.0513. The number of ether oxygens (including phenoxy) is 4. The molecule has 6 N–H and O–H groups in total. The summed E-state index contributed by atoms with van der Waals surface area (Å²) in [6.45, 7) is 5.69. The lowest BCUT2D eigenvalue weighted by Crippen LogP contribution is -2.46. The van der Waals surface area contributed by atoms with E-state index >= 15 is 0 Å². The fourth-order valence-electron chi connectivity index (χ4n) is 4.15. The third kappa shape index (κ3) is 21.5. The third-order valence-corrected chi connectivity index (χ3v) is 7.05. The Balaban J connectivity index is 2.22. The van der Waals surface area contributed by atoms with Crippen molar-refractivity contribution in [2.45, 2.75) is 52.0 Å². The molecule has 0 spiro atoms. The summed E-state index contributed by atoms with van der Waals surface area (Å²) in [5.41, 5.74) is 0.590. The van der Waals surface area contributed by atoms with Gasteiger partial charge in [0.15, 0.2) is 5.78 Å². The van der Waals surface area contributed by atoms with Crippen molar-refractivity contribution < 1.29 is 62.1 Å². The van der Waals surface area contributed by atoms with E-state index in [0.717, 1.165) is 0 Å². The minimum absolute atomic E-state index is 0.0448. The first kappa shape index (κ1) is 42.1. The van der Waals surface area contributed by atoms with Crippen LogP contribution in [0.5, 0.6) is 5.75 Å². The van der Waals surface area contributed by atoms with Crippen LogP contribution in [-0.2, 0) is 49.1 Å². The predicted molar refractivity (Wildman–Crippen MR) is 169 cm³/mol. The molecule has 0 bridgehead atoms. The number of nitrogens with one attached hydrogen (secondary N) is 3. The van der Waals surface area contributed by atoms with Crippen molar-refractivity contribution in [1.82, 2.24) is 16.0 Å². The van der Waals surface area contributed by atoms with E-state index in [4.69, 9.17) is 28.7 Å². The summed E-state index contributed by atoms with van der Waals surface area (Å²) in [5, 5.41) is 17.5. The molecule has 17 heteroatoms. The van der Waals surface area contributed by atoms with E-state index in [0.29, 0.717) is 70.8 Å². The molecule has 0 aliphatic heterocycles. The van der Waals surface area contributed by atoms with Crippen LogP contribution in [0.2, 0.25) is 0 Å². The second kappa shape index (κ2) is 25.1. The number of carbonyl (C=O) groups excluding carboxylic acids is 4. The summed E-state index contributed by atoms with van der Waals surface area (Å²) in [5.74, 6) is -1.85. The predicted octanol–water partition coefficient (Wildman–Crippen LogP) is 0.262. The van der Waals surface area contributed by atoms with Crippen molar-refractivity contribution in [1.29, 1.82) is 0 Å². The van der Waals surface area contributed by atoms with E-state index in [1.54, 1.807) is 0 Å². The Morgan fingerprint density at radius 3 is 1.98 bits per heavy atom. The zero-order valence-corrected chi connectivity index (χ0v) is 28.0. The average molecular weight is 692 g/mol. The third-order valence-electron chi connectivity index (χ3n) is 6.60. The molecule has 1 aromatic rings. The molecule has 0 fully saturated rings. The second-order valence-corrected chi connectivity index (χ2v) is 11.5. The Labute approximate surface area is 275 Å². The van der Waals surface area contributed by atoms with Gasteiger partial charge in [-0.25, -0.2) is 4.57 Å². The number of phosphoric ester groups is 1. The molecule has 0 aromatic heterocycles. The van der Waals surface area contributed by atoms with Crippen molar-refractivity contribution in [3.05, 3.63) is 29.8 Å². The van der Waals surface area contributed by atoms with Gasteiger partial charge in [-0.2, -0.15) is 0 Å². The largest absolute Gasteiger partial charge is 0.524 e. The number of Topliss-reactive ketones (excluding diaryl/α,β-unsaturated/α-hetero) is 1. The van der Waals surface area contributed by atoms with Crippen molar-refractivity contribution in [3.63, 3.8) is 0 Å². The highest BCUT2D eigenvalue weighted by molar-refractivity contribution is 7.46. The number of aliphatic hydroxyl groups excluding tert-OH is 1. The Kier molecular flexibility index (Phi) is 22.5. The van der Waals surface area contributed by atoms with Crippen LogP contribution >= 0.6 is 7.82 Å². The first-order chi connectivity index (χ1) is 22.5. The maximum Gasteiger partial charge on any atom is 0.524 e. The zero-order chi connectivity index (χ0) is 34.9. The van der Waals surface area contributed by atoms with Gasteiger partial charge in [0.25, 0.3) is 0 Å². The molecule has 0 saturated carbocycles. The average Bonchev–Trinajstić information content (AvgIpc) is 3.03. The van der Waals surface area contributed by atoms with Gasteiger partial charge in [-0.1, -0.05) is 25.5 Å². The van der Waals surface area contributed by atoms with E-state index in [1.165, 1.54) is 24.3 Å². The second-order valence-electron chi connectivity index (χ2n) is 10.3.